The molecule has 2 aromatic rings. The maximum absolute atomic E-state index is 12.4. The van der Waals surface area contributed by atoms with E-state index in [9.17, 15) is 4.79 Å². The summed E-state index contributed by atoms with van der Waals surface area (Å²) < 4.78 is -0.0797. The first-order valence-electron chi connectivity index (χ1n) is 7.57. The predicted octanol–water partition coefficient (Wildman–Crippen LogP) is 3.88. The van der Waals surface area contributed by atoms with Gasteiger partial charge >= 0.3 is 0 Å². The number of nitrogens with zero attached hydrogens (tertiary/aromatic N) is 1. The normalized spacial score (nSPS) is 15.0. The molecular weight excluding hydrogens is 387 g/mol. The fourth-order valence-electron chi connectivity index (χ4n) is 2.82. The van der Waals surface area contributed by atoms with E-state index in [4.69, 9.17) is 0 Å². The third-order valence-corrected chi connectivity index (χ3v) is 4.87. The molecule has 0 unspecified atom stereocenters. The van der Waals surface area contributed by atoms with Crippen molar-refractivity contribution in [3.05, 3.63) is 60.2 Å². The number of rotatable bonds is 4. The molecule has 3 nitrogen and oxygen atoms in total. The number of halogens is 1. The lowest BCUT2D eigenvalue weighted by molar-refractivity contribution is -0.115. The number of hydrogen-bond donors (Lipinski definition) is 1. The van der Waals surface area contributed by atoms with E-state index in [1.54, 1.807) is 0 Å². The summed E-state index contributed by atoms with van der Waals surface area (Å²) in [7, 11) is 0. The van der Waals surface area contributed by atoms with Gasteiger partial charge in [0.05, 0.1) is 0 Å². The van der Waals surface area contributed by atoms with Gasteiger partial charge in [0, 0.05) is 24.5 Å². The van der Waals surface area contributed by atoms with Crippen LogP contribution in [0.1, 0.15) is 12.0 Å². The van der Waals surface area contributed by atoms with E-state index in [1.165, 1.54) is 11.3 Å². The highest BCUT2D eigenvalue weighted by atomic mass is 127. The lowest BCUT2D eigenvalue weighted by Gasteiger charge is -2.32. The van der Waals surface area contributed by atoms with E-state index in [-0.39, 0.29) is 9.83 Å². The predicted molar refractivity (Wildman–Crippen MR) is 99.9 cm³/mol. The van der Waals surface area contributed by atoms with Crippen molar-refractivity contribution < 1.29 is 4.79 Å². The molecule has 1 aliphatic rings. The fourth-order valence-corrected chi connectivity index (χ4v) is 3.45. The minimum atomic E-state index is -0.0797. The number of fused-ring (bicyclic) bond motifs is 1. The molecule has 0 saturated carbocycles. The summed E-state index contributed by atoms with van der Waals surface area (Å²) in [6.07, 6.45) is 2.29. The van der Waals surface area contributed by atoms with Gasteiger partial charge in [0.15, 0.2) is 0 Å². The molecule has 22 heavy (non-hydrogen) atoms. The van der Waals surface area contributed by atoms with Gasteiger partial charge in [0.1, 0.15) is 3.92 Å². The highest BCUT2D eigenvalue weighted by Gasteiger charge is 2.22. The van der Waals surface area contributed by atoms with Crippen molar-refractivity contribution in [3.8, 4) is 0 Å². The molecular formula is C18H19IN2O. The number of para-hydroxylation sites is 2. The second-order valence-corrected chi connectivity index (χ2v) is 7.00. The second kappa shape index (κ2) is 7.13. The van der Waals surface area contributed by atoms with Crippen LogP contribution in [0.4, 0.5) is 11.4 Å². The summed E-state index contributed by atoms with van der Waals surface area (Å²) in [5, 5.41) is 2.98. The van der Waals surface area contributed by atoms with E-state index < -0.39 is 0 Å². The molecule has 1 atom stereocenters. The number of aryl methyl sites for hydroxylation is 1. The summed E-state index contributed by atoms with van der Waals surface area (Å²) in [4.78, 5) is 14.7. The molecule has 1 N–H and O–H groups in total. The standard InChI is InChI=1S/C18H19IN2O/c19-16(18(22)20-15-9-2-1-3-10-15)13-21-12-6-8-14-7-4-5-11-17(14)21/h1-5,7,9-11,16H,6,8,12-13H2,(H,20,22)/t16-/m1/s1. The Bertz CT molecular complexity index is 645. The molecule has 0 spiro atoms. The number of hydrogen-bond acceptors (Lipinski definition) is 2. The second-order valence-electron chi connectivity index (χ2n) is 5.50. The van der Waals surface area contributed by atoms with Crippen LogP contribution in [0.2, 0.25) is 0 Å². The lowest BCUT2D eigenvalue weighted by atomic mass is 10.0. The summed E-state index contributed by atoms with van der Waals surface area (Å²) in [6.45, 7) is 1.77. The number of carbonyl (C=O) groups is 1. The summed E-state index contributed by atoms with van der Waals surface area (Å²) in [5.41, 5.74) is 3.52. The highest BCUT2D eigenvalue weighted by molar-refractivity contribution is 14.1. The molecule has 1 amide bonds. The first-order valence-corrected chi connectivity index (χ1v) is 8.81. The number of alkyl halides is 1. The maximum Gasteiger partial charge on any atom is 0.239 e. The van der Waals surface area contributed by atoms with Crippen LogP contribution < -0.4 is 10.2 Å². The van der Waals surface area contributed by atoms with Crippen molar-refractivity contribution in [2.45, 2.75) is 16.8 Å². The Hall–Kier alpha value is -1.56. The van der Waals surface area contributed by atoms with E-state index in [2.05, 4.69) is 57.1 Å². The monoisotopic (exact) mass is 406 g/mol. The van der Waals surface area contributed by atoms with Crippen molar-refractivity contribution in [3.63, 3.8) is 0 Å². The zero-order valence-corrected chi connectivity index (χ0v) is 14.5. The maximum atomic E-state index is 12.4. The van der Waals surface area contributed by atoms with Crippen LogP contribution in [-0.2, 0) is 11.2 Å². The minimum Gasteiger partial charge on any atom is -0.370 e. The van der Waals surface area contributed by atoms with Crippen molar-refractivity contribution >= 4 is 39.9 Å². The van der Waals surface area contributed by atoms with Gasteiger partial charge < -0.3 is 10.2 Å². The molecule has 1 aliphatic heterocycles. The molecule has 0 fully saturated rings. The van der Waals surface area contributed by atoms with Gasteiger partial charge in [-0.1, -0.05) is 59.0 Å². The first kappa shape index (κ1) is 15.3. The smallest absolute Gasteiger partial charge is 0.239 e. The van der Waals surface area contributed by atoms with Gasteiger partial charge in [0.2, 0.25) is 5.91 Å². The van der Waals surface area contributed by atoms with Crippen LogP contribution in [0.3, 0.4) is 0 Å². The Morgan fingerprint density at radius 2 is 1.86 bits per heavy atom. The third-order valence-electron chi connectivity index (χ3n) is 3.91. The zero-order valence-electron chi connectivity index (χ0n) is 12.3. The third kappa shape index (κ3) is 3.61. The number of carbonyl (C=O) groups excluding carboxylic acids is 1. The molecule has 3 rings (SSSR count). The Labute approximate surface area is 144 Å². The van der Waals surface area contributed by atoms with Crippen molar-refractivity contribution in [2.24, 2.45) is 0 Å². The molecule has 114 valence electrons. The van der Waals surface area contributed by atoms with Crippen LogP contribution in [-0.4, -0.2) is 22.9 Å². The van der Waals surface area contributed by atoms with Gasteiger partial charge in [0.25, 0.3) is 0 Å². The van der Waals surface area contributed by atoms with E-state index in [1.807, 2.05) is 30.3 Å². The largest absolute Gasteiger partial charge is 0.370 e. The molecule has 2 aromatic carbocycles. The topological polar surface area (TPSA) is 32.3 Å². The average Bonchev–Trinajstić information content (AvgIpc) is 2.56. The first-order chi connectivity index (χ1) is 10.7. The molecule has 0 radical (unpaired) electrons. The number of amides is 1. The Balaban J connectivity index is 1.65. The van der Waals surface area contributed by atoms with Gasteiger partial charge in [-0.15, -0.1) is 0 Å². The zero-order chi connectivity index (χ0) is 15.4. The number of nitrogens with one attached hydrogen (secondary N) is 1. The van der Waals surface area contributed by atoms with Crippen LogP contribution in [0.25, 0.3) is 0 Å². The van der Waals surface area contributed by atoms with E-state index >= 15 is 0 Å². The van der Waals surface area contributed by atoms with Gasteiger partial charge in [-0.2, -0.15) is 0 Å². The van der Waals surface area contributed by atoms with Crippen LogP contribution >= 0.6 is 22.6 Å². The molecule has 1 heterocycles. The summed E-state index contributed by atoms with van der Waals surface area (Å²) in [5.74, 6) is 0.0647. The lowest BCUT2D eigenvalue weighted by Crippen LogP contribution is -2.39. The van der Waals surface area contributed by atoms with Gasteiger partial charge in [-0.3, -0.25) is 4.79 Å². The molecule has 0 aliphatic carbocycles. The van der Waals surface area contributed by atoms with Crippen molar-refractivity contribution in [1.82, 2.24) is 0 Å². The van der Waals surface area contributed by atoms with E-state index in [0.717, 1.165) is 31.6 Å². The highest BCUT2D eigenvalue weighted by Crippen LogP contribution is 2.27. The molecule has 4 heteroatoms. The van der Waals surface area contributed by atoms with Crippen LogP contribution in [0.5, 0.6) is 0 Å². The number of benzene rings is 2. The van der Waals surface area contributed by atoms with E-state index in [0.29, 0.717) is 0 Å². The van der Waals surface area contributed by atoms with Gasteiger partial charge in [-0.05, 0) is 36.6 Å². The quantitative estimate of drug-likeness (QED) is 0.618. The molecule has 0 aromatic heterocycles. The Morgan fingerprint density at radius 3 is 2.68 bits per heavy atom. The minimum absolute atomic E-state index is 0.0647. The van der Waals surface area contributed by atoms with Gasteiger partial charge in [-0.25, -0.2) is 0 Å². The number of anilines is 2. The molecule has 0 bridgehead atoms. The Kier molecular flexibility index (Phi) is 4.97. The Morgan fingerprint density at radius 1 is 1.14 bits per heavy atom. The summed E-state index contributed by atoms with van der Waals surface area (Å²) >= 11 is 2.24. The SMILES string of the molecule is O=C(Nc1ccccc1)[C@H](I)CN1CCCc2ccccc21. The fraction of sp³-hybridized carbons (Fsp3) is 0.278. The van der Waals surface area contributed by atoms with Crippen LogP contribution in [0.15, 0.2) is 54.6 Å². The van der Waals surface area contributed by atoms with Crippen molar-refractivity contribution in [1.29, 1.82) is 0 Å². The van der Waals surface area contributed by atoms with Crippen molar-refractivity contribution in [2.75, 3.05) is 23.3 Å². The summed E-state index contributed by atoms with van der Waals surface area (Å²) in [6, 6.07) is 18.1. The average molecular weight is 406 g/mol. The van der Waals surface area contributed by atoms with Crippen LogP contribution in [0, 0.1) is 0 Å². The molecule has 0 saturated heterocycles.